The molecular weight excluding hydrogens is 424 g/mol. The highest BCUT2D eigenvalue weighted by atomic mass is 32.1. The van der Waals surface area contributed by atoms with Crippen molar-refractivity contribution in [2.45, 2.75) is 26.2 Å². The van der Waals surface area contributed by atoms with Gasteiger partial charge in [-0.25, -0.2) is 4.98 Å². The van der Waals surface area contributed by atoms with Crippen LogP contribution in [0.3, 0.4) is 0 Å². The fourth-order valence-electron chi connectivity index (χ4n) is 3.18. The van der Waals surface area contributed by atoms with Gasteiger partial charge in [-0.3, -0.25) is 9.59 Å². The van der Waals surface area contributed by atoms with Crippen LogP contribution in [0.5, 0.6) is 5.75 Å². The number of carbonyl (C=O) groups is 2. The number of para-hydroxylation sites is 1. The van der Waals surface area contributed by atoms with E-state index in [0.29, 0.717) is 22.3 Å². The Hall–Kier alpha value is -3.70. The Bertz CT molecular complexity index is 1120. The third-order valence-electron chi connectivity index (χ3n) is 4.76. The van der Waals surface area contributed by atoms with Gasteiger partial charge in [0.25, 0.3) is 0 Å². The fourth-order valence-corrected chi connectivity index (χ4v) is 3.91. The lowest BCUT2D eigenvalue weighted by molar-refractivity contribution is -0.122. The maximum absolute atomic E-state index is 12.7. The third-order valence-corrected chi connectivity index (χ3v) is 5.52. The molecule has 0 unspecified atom stereocenters. The summed E-state index contributed by atoms with van der Waals surface area (Å²) in [6.07, 6.45) is 0.282. The van der Waals surface area contributed by atoms with Crippen LogP contribution in [0, 0.1) is 18.3 Å². The number of hydrogen-bond donors (Lipinski definition) is 1. The molecule has 1 N–H and O–H groups in total. The lowest BCUT2D eigenvalue weighted by Crippen LogP contribution is -2.32. The number of rotatable bonds is 9. The van der Waals surface area contributed by atoms with E-state index in [4.69, 9.17) is 10.00 Å². The number of thiazole rings is 1. The quantitative estimate of drug-likeness (QED) is 0.508. The smallest absolute Gasteiger partial charge is 0.227 e. The molecule has 2 aromatic carbocycles. The van der Waals surface area contributed by atoms with Crippen LogP contribution in [-0.2, 0) is 9.59 Å². The fraction of sp³-hybridized carbons (Fsp3) is 0.250. The van der Waals surface area contributed by atoms with Crippen LogP contribution in [-0.4, -0.2) is 30.5 Å². The van der Waals surface area contributed by atoms with Crippen LogP contribution in [0.15, 0.2) is 53.9 Å². The van der Waals surface area contributed by atoms with Crippen molar-refractivity contribution in [1.29, 1.82) is 5.26 Å². The topological polar surface area (TPSA) is 95.3 Å². The number of anilines is 2. The van der Waals surface area contributed by atoms with E-state index in [0.717, 1.165) is 11.1 Å². The summed E-state index contributed by atoms with van der Waals surface area (Å²) in [7, 11) is 1.61. The molecule has 8 heteroatoms. The van der Waals surface area contributed by atoms with Crippen LogP contribution in [0.2, 0.25) is 0 Å². The lowest BCUT2D eigenvalue weighted by Gasteiger charge is -2.21. The number of amides is 2. The van der Waals surface area contributed by atoms with Crippen LogP contribution < -0.4 is 15.0 Å². The first-order valence-corrected chi connectivity index (χ1v) is 11.0. The molecule has 1 aromatic heterocycles. The number of nitrogens with one attached hydrogen (secondary N) is 1. The monoisotopic (exact) mass is 448 g/mol. The number of nitrogens with zero attached hydrogens (tertiary/aromatic N) is 3. The van der Waals surface area contributed by atoms with Gasteiger partial charge in [0.2, 0.25) is 11.8 Å². The SMILES string of the molecule is COc1ccc(C)cc1-c1csc(NC(=O)CCC(=O)N(CCC#N)c2ccccc2)n1. The normalized spacial score (nSPS) is 10.3. The highest BCUT2D eigenvalue weighted by Gasteiger charge is 2.18. The molecular formula is C24H24N4O3S. The predicted molar refractivity (Wildman–Crippen MR) is 126 cm³/mol. The highest BCUT2D eigenvalue weighted by molar-refractivity contribution is 7.14. The van der Waals surface area contributed by atoms with Gasteiger partial charge >= 0.3 is 0 Å². The number of benzene rings is 2. The van der Waals surface area contributed by atoms with E-state index in [1.807, 2.05) is 60.8 Å². The minimum absolute atomic E-state index is 0.0252. The molecule has 0 saturated carbocycles. The second-order valence-electron chi connectivity index (χ2n) is 7.08. The standard InChI is InChI=1S/C24H24N4O3S/c1-17-9-10-21(31-2)19(15-17)20-16-32-24(26-20)27-22(29)11-12-23(30)28(14-6-13-25)18-7-4-3-5-8-18/h3-5,7-10,15-16H,6,11-12,14H2,1-2H3,(H,26,27,29). The molecule has 164 valence electrons. The second-order valence-corrected chi connectivity index (χ2v) is 7.94. The first-order valence-electron chi connectivity index (χ1n) is 10.1. The summed E-state index contributed by atoms with van der Waals surface area (Å²) in [5, 5.41) is 14.0. The molecule has 1 heterocycles. The Morgan fingerprint density at radius 2 is 1.97 bits per heavy atom. The van der Waals surface area contributed by atoms with Gasteiger partial charge in [0.15, 0.2) is 5.13 Å². The van der Waals surface area contributed by atoms with Gasteiger partial charge in [0.05, 0.1) is 25.3 Å². The Morgan fingerprint density at radius 3 is 2.69 bits per heavy atom. The summed E-state index contributed by atoms with van der Waals surface area (Å²) in [5.41, 5.74) is 3.37. The van der Waals surface area contributed by atoms with Crippen LogP contribution in [0.1, 0.15) is 24.8 Å². The second kappa shape index (κ2) is 11.1. The molecule has 0 bridgehead atoms. The number of hydrogen-bond acceptors (Lipinski definition) is 6. The molecule has 0 radical (unpaired) electrons. The third kappa shape index (κ3) is 5.93. The Balaban J connectivity index is 1.61. The van der Waals surface area contributed by atoms with Gasteiger partial charge in [0, 0.05) is 36.0 Å². The number of ether oxygens (including phenoxy) is 1. The molecule has 3 rings (SSSR count). The molecule has 0 saturated heterocycles. The number of aryl methyl sites for hydroxylation is 1. The van der Waals surface area contributed by atoms with Gasteiger partial charge in [-0.15, -0.1) is 11.3 Å². The van der Waals surface area contributed by atoms with Gasteiger partial charge in [0.1, 0.15) is 5.75 Å². The van der Waals surface area contributed by atoms with Crippen molar-refractivity contribution < 1.29 is 14.3 Å². The Morgan fingerprint density at radius 1 is 1.19 bits per heavy atom. The Labute approximate surface area is 191 Å². The van der Waals surface area contributed by atoms with E-state index in [2.05, 4.69) is 16.4 Å². The van der Waals surface area contributed by atoms with Gasteiger partial charge in [-0.05, 0) is 31.2 Å². The van der Waals surface area contributed by atoms with E-state index >= 15 is 0 Å². The number of carbonyl (C=O) groups excluding carboxylic acids is 2. The van der Waals surface area contributed by atoms with E-state index in [1.165, 1.54) is 11.3 Å². The lowest BCUT2D eigenvalue weighted by atomic mass is 10.1. The molecule has 0 atom stereocenters. The minimum Gasteiger partial charge on any atom is -0.496 e. The zero-order valence-electron chi connectivity index (χ0n) is 18.0. The molecule has 0 fully saturated rings. The molecule has 2 amide bonds. The van der Waals surface area contributed by atoms with Gasteiger partial charge < -0.3 is 15.0 Å². The van der Waals surface area contributed by atoms with E-state index < -0.39 is 0 Å². The molecule has 0 aliphatic heterocycles. The van der Waals surface area contributed by atoms with Crippen molar-refractivity contribution in [3.05, 3.63) is 59.5 Å². The predicted octanol–water partition coefficient (Wildman–Crippen LogP) is 4.79. The zero-order valence-corrected chi connectivity index (χ0v) is 18.8. The molecule has 7 nitrogen and oxygen atoms in total. The first kappa shape index (κ1) is 23.0. The van der Waals surface area contributed by atoms with Gasteiger partial charge in [-0.2, -0.15) is 5.26 Å². The van der Waals surface area contributed by atoms with Crippen molar-refractivity contribution in [3.8, 4) is 23.1 Å². The van der Waals surface area contributed by atoms with E-state index in [-0.39, 0.29) is 37.6 Å². The van der Waals surface area contributed by atoms with Crippen LogP contribution >= 0.6 is 11.3 Å². The summed E-state index contributed by atoms with van der Waals surface area (Å²) in [6.45, 7) is 2.28. The average molecular weight is 449 g/mol. The van der Waals surface area contributed by atoms with Gasteiger partial charge in [-0.1, -0.05) is 29.8 Å². The summed E-state index contributed by atoms with van der Waals surface area (Å²) in [5.74, 6) is 0.220. The summed E-state index contributed by atoms with van der Waals surface area (Å²) >= 11 is 1.32. The largest absolute Gasteiger partial charge is 0.496 e. The number of nitriles is 1. The maximum Gasteiger partial charge on any atom is 0.227 e. The maximum atomic E-state index is 12.7. The first-order chi connectivity index (χ1) is 15.5. The molecule has 0 spiro atoms. The molecule has 0 aliphatic carbocycles. The number of methoxy groups -OCH3 is 1. The Kier molecular flexibility index (Phi) is 7.95. The van der Waals surface area contributed by atoms with Crippen LogP contribution in [0.25, 0.3) is 11.3 Å². The summed E-state index contributed by atoms with van der Waals surface area (Å²) in [6, 6.07) is 17.0. The van der Waals surface area contributed by atoms with E-state index in [1.54, 1.807) is 12.0 Å². The highest BCUT2D eigenvalue weighted by Crippen LogP contribution is 2.33. The zero-order chi connectivity index (χ0) is 22.9. The van der Waals surface area contributed by atoms with Crippen molar-refractivity contribution >= 4 is 34.0 Å². The van der Waals surface area contributed by atoms with E-state index in [9.17, 15) is 9.59 Å². The summed E-state index contributed by atoms with van der Waals surface area (Å²) in [4.78, 5) is 31.2. The molecule has 0 aliphatic rings. The van der Waals surface area contributed by atoms with Crippen molar-refractivity contribution in [1.82, 2.24) is 4.98 Å². The molecule has 32 heavy (non-hydrogen) atoms. The van der Waals surface area contributed by atoms with Crippen LogP contribution in [0.4, 0.5) is 10.8 Å². The van der Waals surface area contributed by atoms with Crippen molar-refractivity contribution in [2.24, 2.45) is 0 Å². The van der Waals surface area contributed by atoms with Crippen molar-refractivity contribution in [3.63, 3.8) is 0 Å². The minimum atomic E-state index is -0.288. The average Bonchev–Trinajstić information content (AvgIpc) is 3.27. The number of aromatic nitrogens is 1. The van der Waals surface area contributed by atoms with Crippen molar-refractivity contribution in [2.75, 3.05) is 23.9 Å². The molecule has 3 aromatic rings. The summed E-state index contributed by atoms with van der Waals surface area (Å²) < 4.78 is 5.41.